The van der Waals surface area contributed by atoms with Crippen LogP contribution in [0.15, 0.2) is 12.2 Å². The van der Waals surface area contributed by atoms with E-state index >= 15 is 0 Å². The van der Waals surface area contributed by atoms with Gasteiger partial charge in [0.05, 0.1) is 53.5 Å². The van der Waals surface area contributed by atoms with E-state index in [4.69, 9.17) is 4.74 Å². The molecule has 5 rings (SSSR count). The first-order valence-corrected chi connectivity index (χ1v) is 9.50. The molecule has 0 aromatic heterocycles. The zero-order valence-electron chi connectivity index (χ0n) is 14.9. The average Bonchev–Trinajstić information content (AvgIpc) is 2.88. The summed E-state index contributed by atoms with van der Waals surface area (Å²) in [5, 5.41) is 0. The first kappa shape index (κ1) is 18.2. The predicted molar refractivity (Wildman–Crippen MR) is 89.3 cm³/mol. The number of allylic oxidation sites excluding steroid dienone is 2. The monoisotopic (exact) mass is 433 g/mol. The highest BCUT2D eigenvalue weighted by atomic mass is 127. The molecule has 2 saturated heterocycles. The highest BCUT2D eigenvalue weighted by Crippen LogP contribution is 2.49. The normalized spacial score (nSPS) is 43.9. The first-order chi connectivity index (χ1) is 10.6. The number of likely N-dealkylation sites (tertiary alicyclic amines) is 1. The number of hydrogen-bond donors (Lipinski definition) is 0. The van der Waals surface area contributed by atoms with Crippen LogP contribution in [0.3, 0.4) is 0 Å². The molecule has 3 fully saturated rings. The Labute approximate surface area is 159 Å². The number of fused-ring (bicyclic) bond motifs is 1. The van der Waals surface area contributed by atoms with Crippen LogP contribution >= 0.6 is 0 Å². The number of hydrogen-bond acceptors (Lipinski definition) is 1. The highest BCUT2D eigenvalue weighted by Gasteiger charge is 2.51. The van der Waals surface area contributed by atoms with Gasteiger partial charge in [0.25, 0.3) is 0 Å². The Kier molecular flexibility index (Phi) is 5.47. The summed E-state index contributed by atoms with van der Waals surface area (Å²) < 4.78 is 8.12. The van der Waals surface area contributed by atoms with Crippen molar-refractivity contribution >= 4 is 0 Å². The molecule has 0 N–H and O–H groups in total. The summed E-state index contributed by atoms with van der Waals surface area (Å²) in [6.07, 6.45) is 9.44. The van der Waals surface area contributed by atoms with Crippen LogP contribution < -0.4 is 24.0 Å². The number of halogens is 1. The van der Waals surface area contributed by atoms with Crippen LogP contribution in [0.1, 0.15) is 19.3 Å². The van der Waals surface area contributed by atoms with Gasteiger partial charge in [0.15, 0.2) is 0 Å². The smallest absolute Gasteiger partial charge is 0.102 e. The van der Waals surface area contributed by atoms with Gasteiger partial charge in [-0.25, -0.2) is 0 Å². The topological polar surface area (TPSA) is 9.23 Å². The second-order valence-electron chi connectivity index (χ2n) is 9.08. The lowest BCUT2D eigenvalue weighted by Crippen LogP contribution is -3.00. The van der Waals surface area contributed by atoms with Crippen molar-refractivity contribution in [3.8, 4) is 0 Å². The SMILES string of the molecule is C[N+]1(CCC[N+]2(C)CC3C4C=CC(CC4)C3C2)CCOCC1.[I-]. The maximum absolute atomic E-state index is 5.53. The van der Waals surface area contributed by atoms with Crippen molar-refractivity contribution in [2.45, 2.75) is 19.3 Å². The molecule has 0 amide bonds. The summed E-state index contributed by atoms with van der Waals surface area (Å²) in [4.78, 5) is 0. The molecule has 2 bridgehead atoms. The fraction of sp³-hybridized carbons (Fsp3) is 0.895. The molecule has 2 heterocycles. The van der Waals surface area contributed by atoms with Crippen LogP contribution in [0.4, 0.5) is 0 Å². The minimum atomic E-state index is 0. The van der Waals surface area contributed by atoms with Gasteiger partial charge in [-0.2, -0.15) is 0 Å². The highest BCUT2D eigenvalue weighted by molar-refractivity contribution is 5.10. The molecule has 2 aliphatic heterocycles. The minimum absolute atomic E-state index is 0. The Morgan fingerprint density at radius 1 is 0.870 bits per heavy atom. The van der Waals surface area contributed by atoms with Crippen molar-refractivity contribution in [1.29, 1.82) is 0 Å². The van der Waals surface area contributed by atoms with Gasteiger partial charge < -0.3 is 37.7 Å². The third kappa shape index (κ3) is 3.65. The number of rotatable bonds is 4. The quantitative estimate of drug-likeness (QED) is 0.319. The van der Waals surface area contributed by atoms with Crippen LogP contribution in [-0.2, 0) is 4.74 Å². The van der Waals surface area contributed by atoms with E-state index in [-0.39, 0.29) is 24.0 Å². The summed E-state index contributed by atoms with van der Waals surface area (Å²) in [7, 11) is 4.97. The molecule has 4 unspecified atom stereocenters. The van der Waals surface area contributed by atoms with Crippen molar-refractivity contribution in [2.24, 2.45) is 23.7 Å². The van der Waals surface area contributed by atoms with E-state index in [1.165, 1.54) is 67.5 Å². The maximum atomic E-state index is 5.53. The van der Waals surface area contributed by atoms with Crippen molar-refractivity contribution in [3.05, 3.63) is 12.2 Å². The molecule has 0 aromatic carbocycles. The third-order valence-corrected chi connectivity index (χ3v) is 7.34. The van der Waals surface area contributed by atoms with E-state index in [1.807, 2.05) is 0 Å². The Morgan fingerprint density at radius 3 is 1.91 bits per heavy atom. The molecule has 1 saturated carbocycles. The van der Waals surface area contributed by atoms with Gasteiger partial charge in [-0.15, -0.1) is 0 Å². The lowest BCUT2D eigenvalue weighted by molar-refractivity contribution is -0.928. The van der Waals surface area contributed by atoms with Crippen LogP contribution in [0.5, 0.6) is 0 Å². The molecule has 0 aromatic rings. The molecule has 0 radical (unpaired) electrons. The summed E-state index contributed by atoms with van der Waals surface area (Å²) in [6.45, 7) is 9.97. The second kappa shape index (κ2) is 6.93. The number of ether oxygens (including phenoxy) is 1. The van der Waals surface area contributed by atoms with E-state index in [0.29, 0.717) is 0 Å². The van der Waals surface area contributed by atoms with Crippen LogP contribution in [0.2, 0.25) is 0 Å². The summed E-state index contributed by atoms with van der Waals surface area (Å²) in [5.74, 6) is 3.83. The largest absolute Gasteiger partial charge is 1.00 e. The summed E-state index contributed by atoms with van der Waals surface area (Å²) >= 11 is 0. The van der Waals surface area contributed by atoms with Crippen LogP contribution in [-0.4, -0.2) is 75.5 Å². The Bertz CT molecular complexity index is 425. The van der Waals surface area contributed by atoms with Crippen molar-refractivity contribution in [2.75, 3.05) is 66.6 Å². The van der Waals surface area contributed by atoms with Crippen molar-refractivity contribution in [1.82, 2.24) is 0 Å². The second-order valence-corrected chi connectivity index (χ2v) is 9.08. The first-order valence-electron chi connectivity index (χ1n) is 9.50. The van der Waals surface area contributed by atoms with E-state index < -0.39 is 0 Å². The molecule has 132 valence electrons. The standard InChI is InChI=1S/C19H34N2O.HI/c1-20(10-12-22-13-11-20)8-3-9-21(2)14-18-16-4-5-17(7-6-16)19(18)15-21;/h4-5,16-19H,3,6-15H2,1-2H3;1H/q+2;/p-1. The van der Waals surface area contributed by atoms with E-state index in [1.54, 1.807) is 0 Å². The number of likely N-dealkylation sites (N-methyl/N-ethyl adjacent to an activating group) is 1. The molecule has 23 heavy (non-hydrogen) atoms. The van der Waals surface area contributed by atoms with Crippen LogP contribution in [0, 0.1) is 23.7 Å². The molecular weight excluding hydrogens is 399 g/mol. The molecule has 4 heteroatoms. The van der Waals surface area contributed by atoms with Gasteiger partial charge in [0.2, 0.25) is 0 Å². The lowest BCUT2D eigenvalue weighted by Gasteiger charge is -2.38. The van der Waals surface area contributed by atoms with Crippen molar-refractivity contribution in [3.63, 3.8) is 0 Å². The van der Waals surface area contributed by atoms with Crippen molar-refractivity contribution < 1.29 is 37.7 Å². The zero-order chi connectivity index (χ0) is 15.2. The lowest BCUT2D eigenvalue weighted by atomic mass is 9.64. The molecule has 0 spiro atoms. The average molecular weight is 433 g/mol. The van der Waals surface area contributed by atoms with Gasteiger partial charge in [0.1, 0.15) is 13.1 Å². The third-order valence-electron chi connectivity index (χ3n) is 7.34. The molecule has 5 aliphatic rings. The fourth-order valence-corrected chi connectivity index (χ4v) is 5.87. The van der Waals surface area contributed by atoms with Gasteiger partial charge in [0, 0.05) is 18.3 Å². The predicted octanol–water partition coefficient (Wildman–Crippen LogP) is -0.854. The number of nitrogens with zero attached hydrogens (tertiary/aromatic N) is 2. The van der Waals surface area contributed by atoms with Crippen LogP contribution in [0.25, 0.3) is 0 Å². The summed E-state index contributed by atoms with van der Waals surface area (Å²) in [6, 6.07) is 0. The van der Waals surface area contributed by atoms with Gasteiger partial charge >= 0.3 is 0 Å². The van der Waals surface area contributed by atoms with E-state index in [2.05, 4.69) is 26.2 Å². The Hall–Kier alpha value is 0.350. The van der Waals surface area contributed by atoms with Gasteiger partial charge in [-0.1, -0.05) is 12.2 Å². The number of morpholine rings is 1. The van der Waals surface area contributed by atoms with Gasteiger partial charge in [-0.3, -0.25) is 0 Å². The Morgan fingerprint density at radius 2 is 1.39 bits per heavy atom. The number of quaternary nitrogens is 2. The molecule has 3 nitrogen and oxygen atoms in total. The molecular formula is C19H34IN2O+. The van der Waals surface area contributed by atoms with E-state index in [9.17, 15) is 0 Å². The summed E-state index contributed by atoms with van der Waals surface area (Å²) in [5.41, 5.74) is 0. The maximum Gasteiger partial charge on any atom is 0.102 e. The molecule has 3 aliphatic carbocycles. The Balaban J connectivity index is 0.00000156. The molecule has 4 atom stereocenters. The zero-order valence-corrected chi connectivity index (χ0v) is 17.1. The van der Waals surface area contributed by atoms with E-state index in [0.717, 1.165) is 36.9 Å². The van der Waals surface area contributed by atoms with Gasteiger partial charge in [-0.05, 0) is 24.7 Å². The minimum Gasteiger partial charge on any atom is -1.00 e. The fourth-order valence-electron chi connectivity index (χ4n) is 5.87.